The Morgan fingerprint density at radius 3 is 2.65 bits per heavy atom. The van der Waals surface area contributed by atoms with Crippen molar-refractivity contribution in [2.24, 2.45) is 5.92 Å². The monoisotopic (exact) mass is 418 g/mol. The Morgan fingerprint density at radius 1 is 1.13 bits per heavy atom. The SMILES string of the molecule is Cc1ccc2nc(-c3ccc(-c4ccc(O[C@H]5C[C@H](C(=O)O)C5)nc4)cc3F)[nH]c2n1. The summed E-state index contributed by atoms with van der Waals surface area (Å²) in [4.78, 5) is 27.0. The fourth-order valence-electron chi connectivity index (χ4n) is 3.66. The topological polar surface area (TPSA) is 101 Å². The number of carboxylic acid groups (broad SMARTS) is 1. The Morgan fingerprint density at radius 2 is 1.94 bits per heavy atom. The lowest BCUT2D eigenvalue weighted by molar-refractivity contribution is -0.148. The van der Waals surface area contributed by atoms with E-state index in [1.54, 1.807) is 24.4 Å². The molecule has 156 valence electrons. The summed E-state index contributed by atoms with van der Waals surface area (Å²) in [6.07, 6.45) is 2.47. The number of H-pyrrole nitrogens is 1. The lowest BCUT2D eigenvalue weighted by Crippen LogP contribution is -2.38. The number of rotatable bonds is 5. The first-order valence-electron chi connectivity index (χ1n) is 9.95. The summed E-state index contributed by atoms with van der Waals surface area (Å²) < 4.78 is 20.6. The van der Waals surface area contributed by atoms with E-state index in [1.165, 1.54) is 6.07 Å². The number of aliphatic carboxylic acids is 1. The van der Waals surface area contributed by atoms with Crippen LogP contribution in [0.25, 0.3) is 33.7 Å². The van der Waals surface area contributed by atoms with Gasteiger partial charge in [-0.05, 0) is 55.7 Å². The molecule has 8 heteroatoms. The third-order valence-electron chi connectivity index (χ3n) is 5.51. The number of imidazole rings is 1. The number of hydrogen-bond acceptors (Lipinski definition) is 5. The van der Waals surface area contributed by atoms with E-state index in [0.717, 1.165) is 11.3 Å². The van der Waals surface area contributed by atoms with Crippen molar-refractivity contribution in [2.45, 2.75) is 25.9 Å². The first kappa shape index (κ1) is 19.2. The Bertz CT molecular complexity index is 1280. The Balaban J connectivity index is 1.33. The molecule has 31 heavy (non-hydrogen) atoms. The molecule has 3 aromatic heterocycles. The molecule has 1 saturated carbocycles. The first-order valence-corrected chi connectivity index (χ1v) is 9.95. The average molecular weight is 418 g/mol. The number of nitrogens with zero attached hydrogens (tertiary/aromatic N) is 3. The predicted molar refractivity (Wildman–Crippen MR) is 112 cm³/mol. The number of pyridine rings is 2. The molecule has 7 nitrogen and oxygen atoms in total. The number of hydrogen-bond donors (Lipinski definition) is 2. The minimum absolute atomic E-state index is 0.127. The first-order chi connectivity index (χ1) is 15.0. The highest BCUT2D eigenvalue weighted by Crippen LogP contribution is 2.32. The number of ether oxygens (including phenoxy) is 1. The number of aromatic amines is 1. The van der Waals surface area contributed by atoms with E-state index in [9.17, 15) is 9.18 Å². The standard InChI is InChI=1S/C23H19FN4O3/c1-12-2-6-19-22(26-12)28-21(27-19)17-5-3-13(10-18(17)24)14-4-7-20(25-11-14)31-16-8-15(9-16)23(29)30/h2-7,10-11,15-16H,8-9H2,1H3,(H,29,30)(H,26,27,28)/t15-,16-. The maximum atomic E-state index is 14.9. The smallest absolute Gasteiger partial charge is 0.306 e. The second-order valence-corrected chi connectivity index (χ2v) is 7.73. The highest BCUT2D eigenvalue weighted by molar-refractivity contribution is 5.77. The van der Waals surface area contributed by atoms with Crippen molar-refractivity contribution in [1.29, 1.82) is 0 Å². The van der Waals surface area contributed by atoms with Crippen LogP contribution in [0, 0.1) is 18.7 Å². The molecular formula is C23H19FN4O3. The summed E-state index contributed by atoms with van der Waals surface area (Å²) in [6, 6.07) is 12.2. The molecule has 0 aliphatic heterocycles. The average Bonchev–Trinajstić information content (AvgIpc) is 3.13. The lowest BCUT2D eigenvalue weighted by atomic mass is 9.82. The largest absolute Gasteiger partial charge is 0.481 e. The van der Waals surface area contributed by atoms with Crippen molar-refractivity contribution in [3.63, 3.8) is 0 Å². The minimum Gasteiger partial charge on any atom is -0.481 e. The molecule has 4 aromatic rings. The Hall–Kier alpha value is -3.81. The van der Waals surface area contributed by atoms with Crippen LogP contribution in [0.15, 0.2) is 48.7 Å². The molecular weight excluding hydrogens is 399 g/mol. The van der Waals surface area contributed by atoms with Crippen LogP contribution in [0.5, 0.6) is 5.88 Å². The molecule has 0 spiro atoms. The summed E-state index contributed by atoms with van der Waals surface area (Å²) in [5.41, 5.74) is 3.96. The molecule has 0 amide bonds. The molecule has 1 aromatic carbocycles. The number of benzene rings is 1. The van der Waals surface area contributed by atoms with Crippen LogP contribution in [0.4, 0.5) is 4.39 Å². The maximum Gasteiger partial charge on any atom is 0.306 e. The van der Waals surface area contributed by atoms with Gasteiger partial charge >= 0.3 is 5.97 Å². The molecule has 0 saturated heterocycles. The van der Waals surface area contributed by atoms with Gasteiger partial charge in [0.05, 0.1) is 11.5 Å². The number of halogens is 1. The van der Waals surface area contributed by atoms with Gasteiger partial charge in [0.1, 0.15) is 23.3 Å². The van der Waals surface area contributed by atoms with E-state index in [1.807, 2.05) is 25.1 Å². The highest BCUT2D eigenvalue weighted by Gasteiger charge is 2.36. The number of carboxylic acids is 1. The number of nitrogens with one attached hydrogen (secondary N) is 1. The normalized spacial score (nSPS) is 18.0. The van der Waals surface area contributed by atoms with Crippen molar-refractivity contribution in [2.75, 3.05) is 0 Å². The van der Waals surface area contributed by atoms with Gasteiger partial charge in [-0.1, -0.05) is 6.07 Å². The van der Waals surface area contributed by atoms with Crippen LogP contribution in [0.3, 0.4) is 0 Å². The predicted octanol–water partition coefficient (Wildman–Crippen LogP) is 4.38. The van der Waals surface area contributed by atoms with Gasteiger partial charge in [-0.2, -0.15) is 0 Å². The van der Waals surface area contributed by atoms with E-state index >= 15 is 0 Å². The molecule has 1 aliphatic carbocycles. The highest BCUT2D eigenvalue weighted by atomic mass is 19.1. The van der Waals surface area contributed by atoms with Crippen LogP contribution >= 0.6 is 0 Å². The van der Waals surface area contributed by atoms with Crippen LogP contribution in [0.1, 0.15) is 18.5 Å². The summed E-state index contributed by atoms with van der Waals surface area (Å²) >= 11 is 0. The molecule has 3 heterocycles. The fraction of sp³-hybridized carbons (Fsp3) is 0.217. The third kappa shape index (κ3) is 3.72. The summed E-state index contributed by atoms with van der Waals surface area (Å²) in [5, 5.41) is 8.93. The van der Waals surface area contributed by atoms with Gasteiger partial charge in [0.2, 0.25) is 5.88 Å². The van der Waals surface area contributed by atoms with E-state index in [2.05, 4.69) is 19.9 Å². The summed E-state index contributed by atoms with van der Waals surface area (Å²) in [7, 11) is 0. The zero-order valence-corrected chi connectivity index (χ0v) is 16.7. The molecule has 2 N–H and O–H groups in total. The molecule has 0 bridgehead atoms. The van der Waals surface area contributed by atoms with Crippen LogP contribution < -0.4 is 4.74 Å². The van der Waals surface area contributed by atoms with Crippen molar-refractivity contribution >= 4 is 17.1 Å². The van der Waals surface area contributed by atoms with Gasteiger partial charge < -0.3 is 14.8 Å². The molecule has 0 atom stereocenters. The second kappa shape index (κ2) is 7.46. The number of aromatic nitrogens is 4. The van der Waals surface area contributed by atoms with Crippen molar-refractivity contribution in [3.8, 4) is 28.4 Å². The van der Waals surface area contributed by atoms with Crippen molar-refractivity contribution < 1.29 is 19.0 Å². The van der Waals surface area contributed by atoms with Crippen LogP contribution in [-0.4, -0.2) is 37.1 Å². The Kier molecular flexibility index (Phi) is 4.62. The van der Waals surface area contributed by atoms with E-state index in [0.29, 0.717) is 46.8 Å². The molecule has 0 radical (unpaired) electrons. The van der Waals surface area contributed by atoms with Crippen LogP contribution in [-0.2, 0) is 4.79 Å². The third-order valence-corrected chi connectivity index (χ3v) is 5.51. The van der Waals surface area contributed by atoms with Crippen LogP contribution in [0.2, 0.25) is 0 Å². The Labute approximate surface area is 177 Å². The van der Waals surface area contributed by atoms with E-state index in [-0.39, 0.29) is 12.0 Å². The summed E-state index contributed by atoms with van der Waals surface area (Å²) in [5.74, 6) is -0.665. The second-order valence-electron chi connectivity index (χ2n) is 7.73. The quantitative estimate of drug-likeness (QED) is 0.499. The lowest BCUT2D eigenvalue weighted by Gasteiger charge is -2.31. The molecule has 0 unspecified atom stereocenters. The van der Waals surface area contributed by atoms with Gasteiger partial charge in [-0.15, -0.1) is 0 Å². The van der Waals surface area contributed by atoms with Crippen molar-refractivity contribution in [1.82, 2.24) is 19.9 Å². The van der Waals surface area contributed by atoms with Gasteiger partial charge in [0, 0.05) is 23.5 Å². The number of fused-ring (bicyclic) bond motifs is 1. The van der Waals surface area contributed by atoms with E-state index < -0.39 is 11.8 Å². The fourth-order valence-corrected chi connectivity index (χ4v) is 3.66. The van der Waals surface area contributed by atoms with Gasteiger partial charge in [0.25, 0.3) is 0 Å². The minimum atomic E-state index is -0.789. The molecule has 5 rings (SSSR count). The maximum absolute atomic E-state index is 14.9. The van der Waals surface area contributed by atoms with Gasteiger partial charge in [0.15, 0.2) is 5.65 Å². The van der Waals surface area contributed by atoms with Crippen molar-refractivity contribution in [3.05, 3.63) is 60.2 Å². The molecule has 1 aliphatic rings. The van der Waals surface area contributed by atoms with Gasteiger partial charge in [-0.25, -0.2) is 19.3 Å². The number of carbonyl (C=O) groups is 1. The number of aryl methyl sites for hydroxylation is 1. The zero-order valence-electron chi connectivity index (χ0n) is 16.7. The van der Waals surface area contributed by atoms with Gasteiger partial charge in [-0.3, -0.25) is 4.79 Å². The molecule has 1 fully saturated rings. The van der Waals surface area contributed by atoms with E-state index in [4.69, 9.17) is 9.84 Å². The zero-order chi connectivity index (χ0) is 21.5. The summed E-state index contributed by atoms with van der Waals surface area (Å²) in [6.45, 7) is 1.89.